The number of aliphatic imine (C=N–C) groups is 1. The number of rotatable bonds is 7. The van der Waals surface area contributed by atoms with E-state index in [1.54, 1.807) is 7.05 Å². The van der Waals surface area contributed by atoms with Gasteiger partial charge in [0.25, 0.3) is 0 Å². The van der Waals surface area contributed by atoms with E-state index < -0.39 is 0 Å². The van der Waals surface area contributed by atoms with Gasteiger partial charge < -0.3 is 19.8 Å². The number of halogens is 1. The Morgan fingerprint density at radius 2 is 2.03 bits per heavy atom. The van der Waals surface area contributed by atoms with Crippen LogP contribution >= 0.6 is 24.0 Å². The minimum atomic E-state index is 0. The summed E-state index contributed by atoms with van der Waals surface area (Å²) in [5, 5.41) is 6.65. The van der Waals surface area contributed by atoms with Gasteiger partial charge in [-0.05, 0) is 50.1 Å². The zero-order chi connectivity index (χ0) is 19.9. The van der Waals surface area contributed by atoms with Crippen LogP contribution in [-0.2, 0) is 6.42 Å². The van der Waals surface area contributed by atoms with Crippen LogP contribution in [0.1, 0.15) is 23.7 Å². The predicted molar refractivity (Wildman–Crippen MR) is 130 cm³/mol. The third-order valence-electron chi connectivity index (χ3n) is 4.51. The number of hydrogen-bond donors (Lipinski definition) is 2. The molecule has 0 aliphatic rings. The van der Waals surface area contributed by atoms with E-state index in [0.717, 1.165) is 36.0 Å². The Balaban J connectivity index is 0.00000300. The molecule has 1 unspecified atom stereocenters. The topological polar surface area (TPSA) is 63.0 Å². The standard InChI is InChI=1S/C22H29N5O.HI/c1-16-7-5-9-20(13-16)28-18(3)14-25-22(23-4)24-11-10-19-15-27-12-6-8-17(2)21(27)26-19;/h5-9,12-13,15,18H,10-11,14H2,1-4H3,(H2,23,24,25);1H. The molecule has 2 heterocycles. The quantitative estimate of drug-likeness (QED) is 0.291. The number of aromatic nitrogens is 2. The van der Waals surface area contributed by atoms with Gasteiger partial charge in [0.05, 0.1) is 12.2 Å². The molecule has 7 heteroatoms. The Bertz CT molecular complexity index is 953. The lowest BCUT2D eigenvalue weighted by Crippen LogP contribution is -2.42. The average molecular weight is 507 g/mol. The van der Waals surface area contributed by atoms with Gasteiger partial charge in [0.1, 0.15) is 17.5 Å². The van der Waals surface area contributed by atoms with E-state index in [0.29, 0.717) is 6.54 Å². The minimum Gasteiger partial charge on any atom is -0.489 e. The Hall–Kier alpha value is -2.29. The monoisotopic (exact) mass is 507 g/mol. The van der Waals surface area contributed by atoms with Gasteiger partial charge in [-0.25, -0.2) is 4.98 Å². The summed E-state index contributed by atoms with van der Waals surface area (Å²) in [4.78, 5) is 8.99. The van der Waals surface area contributed by atoms with Crippen LogP contribution < -0.4 is 15.4 Å². The van der Waals surface area contributed by atoms with Crippen molar-refractivity contribution in [3.8, 4) is 5.75 Å². The highest BCUT2D eigenvalue weighted by Gasteiger charge is 2.07. The van der Waals surface area contributed by atoms with Crippen molar-refractivity contribution in [2.24, 2.45) is 4.99 Å². The van der Waals surface area contributed by atoms with E-state index in [1.165, 1.54) is 11.1 Å². The van der Waals surface area contributed by atoms with Crippen LogP contribution in [0.25, 0.3) is 5.65 Å². The molecule has 0 radical (unpaired) electrons. The summed E-state index contributed by atoms with van der Waals surface area (Å²) in [6, 6.07) is 12.2. The molecule has 3 aromatic rings. The van der Waals surface area contributed by atoms with Crippen molar-refractivity contribution in [2.45, 2.75) is 33.3 Å². The zero-order valence-corrected chi connectivity index (χ0v) is 19.8. The first kappa shape index (κ1) is 23.0. The molecule has 0 saturated heterocycles. The number of nitrogens with zero attached hydrogens (tertiary/aromatic N) is 3. The number of pyridine rings is 1. The summed E-state index contributed by atoms with van der Waals surface area (Å²) in [6.45, 7) is 7.61. The summed E-state index contributed by atoms with van der Waals surface area (Å²) in [6.07, 6.45) is 4.97. The van der Waals surface area contributed by atoms with Gasteiger partial charge in [0, 0.05) is 32.4 Å². The molecule has 0 aliphatic carbocycles. The number of fused-ring (bicyclic) bond motifs is 1. The molecular formula is C22H30IN5O. The lowest BCUT2D eigenvalue weighted by atomic mass is 10.2. The average Bonchev–Trinajstić information content (AvgIpc) is 3.09. The van der Waals surface area contributed by atoms with Crippen molar-refractivity contribution >= 4 is 35.6 Å². The van der Waals surface area contributed by atoms with Gasteiger partial charge >= 0.3 is 0 Å². The smallest absolute Gasteiger partial charge is 0.191 e. The molecule has 0 spiro atoms. The Kier molecular flexibility index (Phi) is 8.75. The molecule has 1 aromatic carbocycles. The van der Waals surface area contributed by atoms with Crippen molar-refractivity contribution in [3.05, 3.63) is 65.6 Å². The predicted octanol–water partition coefficient (Wildman–Crippen LogP) is 3.74. The second kappa shape index (κ2) is 11.0. The number of guanidine groups is 1. The van der Waals surface area contributed by atoms with Crippen LogP contribution in [0.15, 0.2) is 53.8 Å². The fourth-order valence-electron chi connectivity index (χ4n) is 3.06. The van der Waals surface area contributed by atoms with Crippen LogP contribution in [0.4, 0.5) is 0 Å². The van der Waals surface area contributed by atoms with Gasteiger partial charge in [0.15, 0.2) is 5.96 Å². The number of aryl methyl sites for hydroxylation is 2. The third kappa shape index (κ3) is 6.62. The van der Waals surface area contributed by atoms with Crippen LogP contribution in [0, 0.1) is 13.8 Å². The van der Waals surface area contributed by atoms with E-state index in [1.807, 2.05) is 37.4 Å². The third-order valence-corrected chi connectivity index (χ3v) is 4.51. The number of hydrogen-bond acceptors (Lipinski definition) is 3. The van der Waals surface area contributed by atoms with Crippen molar-refractivity contribution in [1.29, 1.82) is 0 Å². The van der Waals surface area contributed by atoms with Crippen LogP contribution in [-0.4, -0.2) is 41.6 Å². The van der Waals surface area contributed by atoms with Gasteiger partial charge in [0.2, 0.25) is 0 Å². The van der Waals surface area contributed by atoms with Gasteiger partial charge in [-0.15, -0.1) is 24.0 Å². The Morgan fingerprint density at radius 1 is 1.21 bits per heavy atom. The molecule has 29 heavy (non-hydrogen) atoms. The van der Waals surface area contributed by atoms with Crippen molar-refractivity contribution < 1.29 is 4.74 Å². The molecule has 0 saturated carbocycles. The molecule has 0 fully saturated rings. The van der Waals surface area contributed by atoms with Crippen molar-refractivity contribution in [1.82, 2.24) is 20.0 Å². The van der Waals surface area contributed by atoms with E-state index in [2.05, 4.69) is 52.2 Å². The van der Waals surface area contributed by atoms with E-state index in [-0.39, 0.29) is 30.1 Å². The summed E-state index contributed by atoms with van der Waals surface area (Å²) < 4.78 is 8.02. The number of nitrogens with one attached hydrogen (secondary N) is 2. The molecule has 0 aliphatic heterocycles. The lowest BCUT2D eigenvalue weighted by Gasteiger charge is -2.18. The molecule has 156 valence electrons. The summed E-state index contributed by atoms with van der Waals surface area (Å²) in [7, 11) is 1.77. The second-order valence-electron chi connectivity index (χ2n) is 7.03. The first-order valence-corrected chi connectivity index (χ1v) is 9.66. The molecule has 3 rings (SSSR count). The van der Waals surface area contributed by atoms with E-state index in [4.69, 9.17) is 9.72 Å². The summed E-state index contributed by atoms with van der Waals surface area (Å²) in [5.74, 6) is 1.65. The normalized spacial score (nSPS) is 12.3. The largest absolute Gasteiger partial charge is 0.489 e. The zero-order valence-electron chi connectivity index (χ0n) is 17.5. The van der Waals surface area contributed by atoms with E-state index >= 15 is 0 Å². The number of ether oxygens (including phenoxy) is 1. The number of benzene rings is 1. The Morgan fingerprint density at radius 3 is 2.76 bits per heavy atom. The highest BCUT2D eigenvalue weighted by atomic mass is 127. The number of imidazole rings is 1. The molecule has 0 amide bonds. The fraction of sp³-hybridized carbons (Fsp3) is 0.364. The molecule has 6 nitrogen and oxygen atoms in total. The Labute approximate surface area is 189 Å². The highest BCUT2D eigenvalue weighted by molar-refractivity contribution is 14.0. The fourth-order valence-corrected chi connectivity index (χ4v) is 3.06. The van der Waals surface area contributed by atoms with Crippen molar-refractivity contribution in [3.63, 3.8) is 0 Å². The molecule has 2 aromatic heterocycles. The maximum Gasteiger partial charge on any atom is 0.191 e. The minimum absolute atomic E-state index is 0. The second-order valence-corrected chi connectivity index (χ2v) is 7.03. The lowest BCUT2D eigenvalue weighted by molar-refractivity contribution is 0.223. The van der Waals surface area contributed by atoms with Crippen molar-refractivity contribution in [2.75, 3.05) is 20.1 Å². The van der Waals surface area contributed by atoms with Gasteiger partial charge in [-0.2, -0.15) is 0 Å². The molecular weight excluding hydrogens is 477 g/mol. The first-order chi connectivity index (χ1) is 13.5. The van der Waals surface area contributed by atoms with Gasteiger partial charge in [-0.1, -0.05) is 18.2 Å². The van der Waals surface area contributed by atoms with E-state index in [9.17, 15) is 0 Å². The first-order valence-electron chi connectivity index (χ1n) is 9.66. The summed E-state index contributed by atoms with van der Waals surface area (Å²) >= 11 is 0. The van der Waals surface area contributed by atoms with Crippen LogP contribution in [0.2, 0.25) is 0 Å². The van der Waals surface area contributed by atoms with Crippen LogP contribution in [0.3, 0.4) is 0 Å². The maximum absolute atomic E-state index is 5.95. The summed E-state index contributed by atoms with van der Waals surface area (Å²) in [5.41, 5.74) is 4.45. The molecule has 1 atom stereocenters. The van der Waals surface area contributed by atoms with Crippen LogP contribution in [0.5, 0.6) is 5.75 Å². The SMILES string of the molecule is CN=C(NCCc1cn2cccc(C)c2n1)NCC(C)Oc1cccc(C)c1.I. The molecule has 0 bridgehead atoms. The highest BCUT2D eigenvalue weighted by Crippen LogP contribution is 2.14. The van der Waals surface area contributed by atoms with Gasteiger partial charge in [-0.3, -0.25) is 4.99 Å². The maximum atomic E-state index is 5.95. The molecule has 2 N–H and O–H groups in total.